The molecule has 1 fully saturated rings. The molecule has 1 aromatic heterocycles. The van der Waals surface area contributed by atoms with Gasteiger partial charge in [0.1, 0.15) is 9.88 Å². The fourth-order valence-corrected chi connectivity index (χ4v) is 4.64. The first kappa shape index (κ1) is 23.9. The summed E-state index contributed by atoms with van der Waals surface area (Å²) < 4.78 is 10.8. The van der Waals surface area contributed by atoms with Crippen LogP contribution in [0.25, 0.3) is 10.6 Å². The first-order chi connectivity index (χ1) is 16.4. The molecule has 0 radical (unpaired) electrons. The number of hydrogen-bond acceptors (Lipinski definition) is 7. The molecule has 1 aliphatic rings. The number of aromatic nitrogens is 1. The molecule has 4 rings (SSSR count). The van der Waals surface area contributed by atoms with Crippen LogP contribution >= 0.6 is 11.3 Å². The largest absolute Gasteiger partial charge is 0.448 e. The Morgan fingerprint density at radius 2 is 1.79 bits per heavy atom. The third kappa shape index (κ3) is 5.63. The Bertz CT molecular complexity index is 1140. The zero-order chi connectivity index (χ0) is 24.1. The summed E-state index contributed by atoms with van der Waals surface area (Å²) in [7, 11) is 0. The molecule has 3 aromatic rings. The molecule has 8 heteroatoms. The molecule has 1 atom stereocenters. The molecule has 1 saturated heterocycles. The van der Waals surface area contributed by atoms with Crippen molar-refractivity contribution in [3.8, 4) is 10.6 Å². The Hall–Kier alpha value is -3.23. The quantitative estimate of drug-likeness (QED) is 0.495. The van der Waals surface area contributed by atoms with Crippen LogP contribution < -0.4 is 10.2 Å². The Balaban J connectivity index is 1.35. The third-order valence-electron chi connectivity index (χ3n) is 5.76. The van der Waals surface area contributed by atoms with Crippen molar-refractivity contribution in [2.45, 2.75) is 33.3 Å². The van der Waals surface area contributed by atoms with Crippen LogP contribution in [-0.4, -0.2) is 49.3 Å². The number of esters is 1. The summed E-state index contributed by atoms with van der Waals surface area (Å²) in [6, 6.07) is 15.8. The van der Waals surface area contributed by atoms with Crippen molar-refractivity contribution >= 4 is 34.6 Å². The fourth-order valence-electron chi connectivity index (χ4n) is 3.68. The number of carbonyl (C=O) groups excluding carboxylic acids is 2. The van der Waals surface area contributed by atoms with E-state index >= 15 is 0 Å². The number of carbonyl (C=O) groups is 2. The number of thiazole rings is 1. The number of ether oxygens (including phenoxy) is 2. The van der Waals surface area contributed by atoms with E-state index in [1.54, 1.807) is 13.8 Å². The van der Waals surface area contributed by atoms with E-state index in [-0.39, 0.29) is 5.91 Å². The molecular weight excluding hydrogens is 450 g/mol. The maximum Gasteiger partial charge on any atom is 0.351 e. The van der Waals surface area contributed by atoms with Crippen LogP contribution in [0.15, 0.2) is 48.5 Å². The van der Waals surface area contributed by atoms with E-state index in [0.29, 0.717) is 29.5 Å². The summed E-state index contributed by atoms with van der Waals surface area (Å²) in [4.78, 5) is 32.5. The average molecular weight is 480 g/mol. The van der Waals surface area contributed by atoms with Crippen molar-refractivity contribution in [3.05, 3.63) is 64.7 Å². The normalized spacial score (nSPS) is 14.5. The standard InChI is InChI=1S/C26H29N3O4S/c1-4-19-5-7-20(8-6-19)25-27-17(2)23(34-25)26(31)33-18(3)24(30)28-21-9-11-22(12-10-21)29-13-15-32-16-14-29/h5-12,18H,4,13-16H2,1-3H3,(H,28,30). The number of amides is 1. The van der Waals surface area contributed by atoms with E-state index < -0.39 is 12.1 Å². The first-order valence-electron chi connectivity index (χ1n) is 11.5. The zero-order valence-electron chi connectivity index (χ0n) is 19.7. The molecule has 0 spiro atoms. The number of aryl methyl sites for hydroxylation is 2. The molecule has 1 unspecified atom stereocenters. The van der Waals surface area contributed by atoms with Crippen LogP contribution in [0.5, 0.6) is 0 Å². The predicted molar refractivity (Wildman–Crippen MR) is 135 cm³/mol. The molecule has 0 bridgehead atoms. The van der Waals surface area contributed by atoms with Gasteiger partial charge in [-0.25, -0.2) is 9.78 Å². The molecule has 178 valence electrons. The third-order valence-corrected chi connectivity index (χ3v) is 6.94. The number of anilines is 2. The average Bonchev–Trinajstić information content (AvgIpc) is 3.26. The van der Waals surface area contributed by atoms with Gasteiger partial charge in [-0.2, -0.15) is 0 Å². The molecule has 1 N–H and O–H groups in total. The van der Waals surface area contributed by atoms with E-state index in [1.165, 1.54) is 16.9 Å². The Morgan fingerprint density at radius 1 is 1.12 bits per heavy atom. The van der Waals surface area contributed by atoms with Crippen LogP contribution in [0, 0.1) is 6.92 Å². The van der Waals surface area contributed by atoms with Gasteiger partial charge < -0.3 is 19.7 Å². The van der Waals surface area contributed by atoms with Crippen molar-refractivity contribution < 1.29 is 19.1 Å². The lowest BCUT2D eigenvalue weighted by atomic mass is 10.1. The van der Waals surface area contributed by atoms with Gasteiger partial charge >= 0.3 is 5.97 Å². The lowest BCUT2D eigenvalue weighted by Crippen LogP contribution is -2.36. The van der Waals surface area contributed by atoms with Crippen LogP contribution in [0.4, 0.5) is 11.4 Å². The number of morpholine rings is 1. The van der Waals surface area contributed by atoms with E-state index in [1.807, 2.05) is 36.4 Å². The van der Waals surface area contributed by atoms with Crippen LogP contribution in [-0.2, 0) is 20.7 Å². The molecular formula is C26H29N3O4S. The van der Waals surface area contributed by atoms with Crippen molar-refractivity contribution in [1.82, 2.24) is 4.98 Å². The smallest absolute Gasteiger partial charge is 0.351 e. The second-order valence-electron chi connectivity index (χ2n) is 8.17. The first-order valence-corrected chi connectivity index (χ1v) is 12.3. The summed E-state index contributed by atoms with van der Waals surface area (Å²) in [5.41, 5.74) is 4.53. The van der Waals surface area contributed by atoms with Gasteiger partial charge in [0.2, 0.25) is 0 Å². The van der Waals surface area contributed by atoms with Crippen LogP contribution in [0.1, 0.15) is 34.8 Å². The van der Waals surface area contributed by atoms with Gasteiger partial charge in [-0.15, -0.1) is 11.3 Å². The Labute approximate surface area is 203 Å². The monoisotopic (exact) mass is 479 g/mol. The van der Waals surface area contributed by atoms with Crippen molar-refractivity contribution in [3.63, 3.8) is 0 Å². The number of benzene rings is 2. The van der Waals surface area contributed by atoms with Gasteiger partial charge in [0.15, 0.2) is 6.10 Å². The van der Waals surface area contributed by atoms with Crippen molar-refractivity contribution in [2.24, 2.45) is 0 Å². The second-order valence-corrected chi connectivity index (χ2v) is 9.17. The minimum atomic E-state index is -0.944. The summed E-state index contributed by atoms with van der Waals surface area (Å²) in [6.07, 6.45) is 0.0207. The van der Waals surface area contributed by atoms with Gasteiger partial charge in [0, 0.05) is 30.0 Å². The Kier molecular flexibility index (Phi) is 7.59. The summed E-state index contributed by atoms with van der Waals surface area (Å²) in [5.74, 6) is -0.929. The summed E-state index contributed by atoms with van der Waals surface area (Å²) in [6.45, 7) is 8.58. The van der Waals surface area contributed by atoms with Gasteiger partial charge in [0.05, 0.1) is 18.9 Å². The van der Waals surface area contributed by atoms with Crippen molar-refractivity contribution in [2.75, 3.05) is 36.5 Å². The molecule has 2 aromatic carbocycles. The van der Waals surface area contributed by atoms with Gasteiger partial charge in [-0.3, -0.25) is 4.79 Å². The highest BCUT2D eigenvalue weighted by molar-refractivity contribution is 7.17. The highest BCUT2D eigenvalue weighted by Gasteiger charge is 2.23. The van der Waals surface area contributed by atoms with Crippen LogP contribution in [0.3, 0.4) is 0 Å². The number of rotatable bonds is 7. The van der Waals surface area contributed by atoms with E-state index in [2.05, 4.69) is 34.3 Å². The topological polar surface area (TPSA) is 80.8 Å². The van der Waals surface area contributed by atoms with Gasteiger partial charge in [-0.1, -0.05) is 31.2 Å². The summed E-state index contributed by atoms with van der Waals surface area (Å²) in [5, 5.41) is 3.57. The SMILES string of the molecule is CCc1ccc(-c2nc(C)c(C(=O)OC(C)C(=O)Nc3ccc(N4CCOCC4)cc3)s2)cc1. The van der Waals surface area contributed by atoms with Gasteiger partial charge in [0.25, 0.3) is 5.91 Å². The molecule has 2 heterocycles. The zero-order valence-corrected chi connectivity index (χ0v) is 20.5. The number of hydrogen-bond donors (Lipinski definition) is 1. The lowest BCUT2D eigenvalue weighted by molar-refractivity contribution is -0.123. The fraction of sp³-hybridized carbons (Fsp3) is 0.346. The minimum absolute atomic E-state index is 0.384. The van der Waals surface area contributed by atoms with E-state index in [0.717, 1.165) is 35.8 Å². The second kappa shape index (κ2) is 10.8. The highest BCUT2D eigenvalue weighted by Crippen LogP contribution is 2.29. The molecule has 0 aliphatic carbocycles. The minimum Gasteiger partial charge on any atom is -0.448 e. The van der Waals surface area contributed by atoms with Gasteiger partial charge in [-0.05, 0) is 50.1 Å². The number of nitrogens with zero attached hydrogens (tertiary/aromatic N) is 2. The molecule has 1 amide bonds. The molecule has 34 heavy (non-hydrogen) atoms. The molecule has 1 aliphatic heterocycles. The predicted octanol–water partition coefficient (Wildman–Crippen LogP) is 4.70. The highest BCUT2D eigenvalue weighted by atomic mass is 32.1. The maximum absolute atomic E-state index is 12.8. The Morgan fingerprint density at radius 3 is 2.44 bits per heavy atom. The lowest BCUT2D eigenvalue weighted by Gasteiger charge is -2.28. The molecule has 7 nitrogen and oxygen atoms in total. The van der Waals surface area contributed by atoms with Crippen LogP contribution in [0.2, 0.25) is 0 Å². The maximum atomic E-state index is 12.8. The van der Waals surface area contributed by atoms with Crippen molar-refractivity contribution in [1.29, 1.82) is 0 Å². The summed E-state index contributed by atoms with van der Waals surface area (Å²) >= 11 is 1.28. The number of nitrogens with one attached hydrogen (secondary N) is 1. The molecule has 0 saturated carbocycles. The van der Waals surface area contributed by atoms with E-state index in [9.17, 15) is 9.59 Å². The van der Waals surface area contributed by atoms with E-state index in [4.69, 9.17) is 9.47 Å².